The topological polar surface area (TPSA) is 27.1 Å². The Kier molecular flexibility index (Phi) is 4.76. The lowest BCUT2D eigenvalue weighted by molar-refractivity contribution is 0.293. The van der Waals surface area contributed by atoms with Gasteiger partial charge in [-0.25, -0.2) is 0 Å². The number of ether oxygens (including phenoxy) is 1. The van der Waals surface area contributed by atoms with Gasteiger partial charge in [0.05, 0.1) is 21.4 Å². The zero-order valence-corrected chi connectivity index (χ0v) is 13.7. The molecule has 6 heteroatoms. The van der Waals surface area contributed by atoms with E-state index in [1.807, 2.05) is 26.1 Å². The van der Waals surface area contributed by atoms with Gasteiger partial charge in [-0.1, -0.05) is 51.3 Å². The predicted octanol–water partition coefficient (Wildman–Crippen LogP) is 4.51. The molecule has 0 amide bonds. The first-order chi connectivity index (χ1) is 9.04. The van der Waals surface area contributed by atoms with E-state index in [2.05, 4.69) is 21.0 Å². The monoisotopic (exact) mass is 362 g/mol. The highest BCUT2D eigenvalue weighted by Gasteiger charge is 2.14. The van der Waals surface area contributed by atoms with Crippen molar-refractivity contribution < 1.29 is 4.74 Å². The number of halogens is 3. The maximum absolute atomic E-state index is 6.19. The maximum atomic E-state index is 6.19. The molecule has 0 spiro atoms. The normalized spacial score (nSPS) is 10.8. The van der Waals surface area contributed by atoms with Gasteiger partial charge in [-0.2, -0.15) is 5.10 Å². The van der Waals surface area contributed by atoms with Gasteiger partial charge in [0.1, 0.15) is 12.4 Å². The van der Waals surface area contributed by atoms with Crippen LogP contribution in [-0.2, 0) is 19.0 Å². The summed E-state index contributed by atoms with van der Waals surface area (Å²) in [6.07, 6.45) is 0. The molecule has 1 heterocycles. The summed E-state index contributed by atoms with van der Waals surface area (Å²) in [5.74, 6) is 0.677. The van der Waals surface area contributed by atoms with E-state index < -0.39 is 0 Å². The van der Waals surface area contributed by atoms with E-state index in [9.17, 15) is 0 Å². The van der Waals surface area contributed by atoms with Gasteiger partial charge in [0.15, 0.2) is 0 Å². The van der Waals surface area contributed by atoms with Crippen molar-refractivity contribution in [1.29, 1.82) is 0 Å². The first-order valence-electron chi connectivity index (χ1n) is 5.68. The summed E-state index contributed by atoms with van der Waals surface area (Å²) in [5, 5.41) is 6.16. The van der Waals surface area contributed by atoms with Crippen LogP contribution in [0.25, 0.3) is 0 Å². The third-order valence-corrected chi connectivity index (χ3v) is 4.20. The van der Waals surface area contributed by atoms with Gasteiger partial charge < -0.3 is 4.74 Å². The molecule has 0 aliphatic carbocycles. The summed E-state index contributed by atoms with van der Waals surface area (Å²) in [5.41, 5.74) is 2.63. The highest BCUT2D eigenvalue weighted by Crippen LogP contribution is 2.31. The molecule has 0 saturated carbocycles. The number of aryl methyl sites for hydroxylation is 2. The van der Waals surface area contributed by atoms with Crippen LogP contribution in [0.5, 0.6) is 5.75 Å². The van der Waals surface area contributed by atoms with Crippen LogP contribution in [0.4, 0.5) is 0 Å². The first-order valence-corrected chi connectivity index (χ1v) is 7.56. The second-order valence-electron chi connectivity index (χ2n) is 4.12. The average Bonchev–Trinajstić information content (AvgIpc) is 2.62. The zero-order chi connectivity index (χ0) is 14.0. The van der Waals surface area contributed by atoms with Crippen LogP contribution in [0.3, 0.4) is 0 Å². The lowest BCUT2D eigenvalue weighted by Gasteiger charge is -2.12. The van der Waals surface area contributed by atoms with E-state index in [1.54, 1.807) is 10.7 Å². The number of rotatable bonds is 4. The Hall–Kier alpha value is -0.710. The highest BCUT2D eigenvalue weighted by atomic mass is 79.9. The van der Waals surface area contributed by atoms with Crippen LogP contribution in [-0.4, -0.2) is 9.78 Å². The summed E-state index contributed by atoms with van der Waals surface area (Å²) in [6, 6.07) is 5.66. The van der Waals surface area contributed by atoms with Crippen molar-refractivity contribution in [3.05, 3.63) is 45.2 Å². The molecule has 19 heavy (non-hydrogen) atoms. The van der Waals surface area contributed by atoms with Crippen LogP contribution < -0.4 is 4.74 Å². The van der Waals surface area contributed by atoms with Crippen molar-refractivity contribution in [3.8, 4) is 5.75 Å². The van der Waals surface area contributed by atoms with Crippen LogP contribution in [0.1, 0.15) is 17.0 Å². The van der Waals surface area contributed by atoms with Crippen LogP contribution in [0, 0.1) is 6.92 Å². The van der Waals surface area contributed by atoms with E-state index in [-0.39, 0.29) is 0 Å². The Morgan fingerprint density at radius 1 is 1.37 bits per heavy atom. The molecule has 0 bridgehead atoms. The van der Waals surface area contributed by atoms with E-state index >= 15 is 0 Å². The standard InChI is InChI=1S/C13H13BrCl2N2O/c1-8-12(16)11(18(2)17-8)7-19-13-9(6-14)4-3-5-10(13)15/h3-5H,6-7H2,1-2H3. The first kappa shape index (κ1) is 14.7. The van der Waals surface area contributed by atoms with Gasteiger partial charge in [0.25, 0.3) is 0 Å². The van der Waals surface area contributed by atoms with Crippen LogP contribution >= 0.6 is 39.1 Å². The minimum absolute atomic E-state index is 0.333. The van der Waals surface area contributed by atoms with Crippen LogP contribution in [0.15, 0.2) is 18.2 Å². The summed E-state index contributed by atoms with van der Waals surface area (Å²) in [7, 11) is 1.84. The molecule has 1 aromatic carbocycles. The Morgan fingerprint density at radius 3 is 2.68 bits per heavy atom. The van der Waals surface area contributed by atoms with Gasteiger partial charge in [-0.3, -0.25) is 4.68 Å². The van der Waals surface area contributed by atoms with Crippen molar-refractivity contribution in [1.82, 2.24) is 9.78 Å². The molecule has 0 atom stereocenters. The number of hydrogen-bond donors (Lipinski definition) is 0. The minimum Gasteiger partial charge on any atom is -0.485 e. The molecular weight excluding hydrogens is 351 g/mol. The molecule has 0 N–H and O–H groups in total. The third kappa shape index (κ3) is 3.07. The maximum Gasteiger partial charge on any atom is 0.142 e. The van der Waals surface area contributed by atoms with E-state index in [4.69, 9.17) is 27.9 Å². The fraction of sp³-hybridized carbons (Fsp3) is 0.308. The van der Waals surface area contributed by atoms with Gasteiger partial charge in [0, 0.05) is 17.9 Å². The molecule has 0 aliphatic rings. The van der Waals surface area contributed by atoms with Gasteiger partial charge in [-0.05, 0) is 13.0 Å². The fourth-order valence-electron chi connectivity index (χ4n) is 1.80. The summed E-state index contributed by atoms with van der Waals surface area (Å²) in [4.78, 5) is 0. The predicted molar refractivity (Wildman–Crippen MR) is 81.4 cm³/mol. The van der Waals surface area contributed by atoms with E-state index in [1.165, 1.54) is 0 Å². The Balaban J connectivity index is 2.24. The number of nitrogens with zero attached hydrogens (tertiary/aromatic N) is 2. The molecule has 2 rings (SSSR count). The zero-order valence-electron chi connectivity index (χ0n) is 10.6. The lowest BCUT2D eigenvalue weighted by Crippen LogP contribution is -2.05. The molecule has 0 radical (unpaired) electrons. The quantitative estimate of drug-likeness (QED) is 0.747. The van der Waals surface area contributed by atoms with Crippen molar-refractivity contribution in [3.63, 3.8) is 0 Å². The van der Waals surface area contributed by atoms with Gasteiger partial charge >= 0.3 is 0 Å². The fourth-order valence-corrected chi connectivity index (χ4v) is 2.70. The Bertz CT molecular complexity index is 599. The highest BCUT2D eigenvalue weighted by molar-refractivity contribution is 9.08. The molecule has 0 aliphatic heterocycles. The molecule has 1 aromatic heterocycles. The number of hydrogen-bond acceptors (Lipinski definition) is 2. The van der Waals surface area contributed by atoms with E-state index in [0.29, 0.717) is 27.7 Å². The Morgan fingerprint density at radius 2 is 2.11 bits per heavy atom. The third-order valence-electron chi connectivity index (χ3n) is 2.81. The van der Waals surface area contributed by atoms with Gasteiger partial charge in [-0.15, -0.1) is 0 Å². The summed E-state index contributed by atoms with van der Waals surface area (Å²) in [6.45, 7) is 2.20. The number of alkyl halides is 1. The van der Waals surface area contributed by atoms with Crippen molar-refractivity contribution >= 4 is 39.1 Å². The Labute approximate surface area is 130 Å². The second kappa shape index (κ2) is 6.16. The lowest BCUT2D eigenvalue weighted by atomic mass is 10.2. The molecule has 0 unspecified atom stereocenters. The van der Waals surface area contributed by atoms with Crippen molar-refractivity contribution in [2.24, 2.45) is 7.05 Å². The summed E-state index contributed by atoms with van der Waals surface area (Å²) < 4.78 is 7.54. The smallest absolute Gasteiger partial charge is 0.142 e. The van der Waals surface area contributed by atoms with E-state index in [0.717, 1.165) is 17.0 Å². The SMILES string of the molecule is Cc1nn(C)c(COc2c(Cl)cccc2CBr)c1Cl. The number of para-hydroxylation sites is 1. The molecule has 0 fully saturated rings. The molecule has 102 valence electrons. The van der Waals surface area contributed by atoms with Crippen molar-refractivity contribution in [2.75, 3.05) is 0 Å². The molecule has 3 nitrogen and oxygen atoms in total. The van der Waals surface area contributed by atoms with Crippen molar-refractivity contribution in [2.45, 2.75) is 18.9 Å². The average molecular weight is 364 g/mol. The van der Waals surface area contributed by atoms with Crippen LogP contribution in [0.2, 0.25) is 10.0 Å². The number of benzene rings is 1. The van der Waals surface area contributed by atoms with Gasteiger partial charge in [0.2, 0.25) is 0 Å². The molecular formula is C13H13BrCl2N2O. The number of aromatic nitrogens is 2. The molecule has 0 saturated heterocycles. The summed E-state index contributed by atoms with van der Waals surface area (Å²) >= 11 is 15.8. The second-order valence-corrected chi connectivity index (χ2v) is 5.47. The molecule has 2 aromatic rings. The largest absolute Gasteiger partial charge is 0.485 e. The minimum atomic E-state index is 0.333.